The molecule has 0 atom stereocenters. The zero-order valence-electron chi connectivity index (χ0n) is 29.6. The van der Waals surface area contributed by atoms with Crippen molar-refractivity contribution in [2.45, 2.75) is 12.8 Å². The number of hydrogen-bond acceptors (Lipinski definition) is 0. The lowest BCUT2D eigenvalue weighted by Gasteiger charge is -2.16. The van der Waals surface area contributed by atoms with E-state index >= 15 is 0 Å². The first-order valence-electron chi connectivity index (χ1n) is 19.0. The van der Waals surface area contributed by atoms with Gasteiger partial charge in [-0.25, -0.2) is 0 Å². The second-order valence-electron chi connectivity index (χ2n) is 14.8. The molecule has 0 radical (unpaired) electrons. The first-order chi connectivity index (χ1) is 26.8. The van der Waals surface area contributed by atoms with Crippen molar-refractivity contribution in [1.82, 2.24) is 9.13 Å². The summed E-state index contributed by atoms with van der Waals surface area (Å²) in [5.41, 5.74) is 19.2. The smallest absolute Gasteiger partial charge is 0.0541 e. The van der Waals surface area contributed by atoms with Crippen LogP contribution in [0.3, 0.4) is 0 Å². The van der Waals surface area contributed by atoms with Crippen LogP contribution < -0.4 is 0 Å². The van der Waals surface area contributed by atoms with Gasteiger partial charge in [-0.3, -0.25) is 0 Å². The zero-order valence-corrected chi connectivity index (χ0v) is 29.6. The van der Waals surface area contributed by atoms with Gasteiger partial charge in [-0.2, -0.15) is 0 Å². The maximum absolute atomic E-state index is 2.57. The van der Waals surface area contributed by atoms with E-state index in [-0.39, 0.29) is 0 Å². The Kier molecular flexibility index (Phi) is 6.20. The standard InChI is InChI=1S/C52H34N2/c1-3-12-33(13-4-1)34-22-25-38-42-26-29-49(43-19-11-18-41(52(42)43)44(38)30-34)54-48-21-10-8-17-40(48)46-32-36(24-28-51(46)54)35-23-27-50-45(31-35)39-16-7-9-20-47(39)53(50)37-14-5-2-6-15-37/h1-9,11-20,22-32H,10,21H2. The monoisotopic (exact) mass is 686 g/mol. The molecule has 2 aliphatic rings. The van der Waals surface area contributed by atoms with E-state index in [1.54, 1.807) is 0 Å². The molecule has 2 heteroatoms. The summed E-state index contributed by atoms with van der Waals surface area (Å²) in [7, 11) is 0. The molecule has 12 rings (SSSR count). The topological polar surface area (TPSA) is 9.86 Å². The predicted octanol–water partition coefficient (Wildman–Crippen LogP) is 13.8. The van der Waals surface area contributed by atoms with Crippen LogP contribution in [0.25, 0.3) is 105 Å². The lowest BCUT2D eigenvalue weighted by Crippen LogP contribution is -2.03. The van der Waals surface area contributed by atoms with Crippen molar-refractivity contribution in [1.29, 1.82) is 0 Å². The Bertz CT molecular complexity index is 3190. The molecule has 54 heavy (non-hydrogen) atoms. The third kappa shape index (κ3) is 4.17. The molecule has 0 saturated heterocycles. The van der Waals surface area contributed by atoms with Crippen LogP contribution in [0, 0.1) is 0 Å². The van der Waals surface area contributed by atoms with E-state index in [2.05, 4.69) is 191 Å². The quantitative estimate of drug-likeness (QED) is 0.174. The Labute approximate surface area is 313 Å². The molecule has 2 aliphatic carbocycles. The summed E-state index contributed by atoms with van der Waals surface area (Å²) in [6.07, 6.45) is 6.77. The number of fused-ring (bicyclic) bond motifs is 9. The fraction of sp³-hybridized carbons (Fsp3) is 0.0385. The highest BCUT2D eigenvalue weighted by Crippen LogP contribution is 2.50. The Morgan fingerprint density at radius 2 is 1.04 bits per heavy atom. The summed E-state index contributed by atoms with van der Waals surface area (Å²) >= 11 is 0. The van der Waals surface area contributed by atoms with Crippen molar-refractivity contribution >= 4 is 49.6 Å². The van der Waals surface area contributed by atoms with E-state index < -0.39 is 0 Å². The number of rotatable bonds is 4. The third-order valence-electron chi connectivity index (χ3n) is 11.9. The van der Waals surface area contributed by atoms with Crippen molar-refractivity contribution in [3.8, 4) is 55.9 Å². The zero-order chi connectivity index (χ0) is 35.3. The molecule has 2 nitrogen and oxygen atoms in total. The molecular formula is C52H34N2. The van der Waals surface area contributed by atoms with Gasteiger partial charge in [0.05, 0.1) is 22.2 Å². The molecule has 0 spiro atoms. The second-order valence-corrected chi connectivity index (χ2v) is 14.8. The van der Waals surface area contributed by atoms with E-state index in [4.69, 9.17) is 0 Å². The van der Waals surface area contributed by atoms with Crippen molar-refractivity contribution in [3.05, 3.63) is 187 Å². The highest BCUT2D eigenvalue weighted by molar-refractivity contribution is 6.18. The van der Waals surface area contributed by atoms with E-state index in [0.29, 0.717) is 0 Å². The molecule has 10 aromatic rings. The van der Waals surface area contributed by atoms with Gasteiger partial charge in [0.1, 0.15) is 0 Å². The third-order valence-corrected chi connectivity index (χ3v) is 11.9. The SMILES string of the molecule is C1=Cc2c(n(-c3ccc4c5c(cccc35)-c3cc(-c5ccccc5)ccc3-4)c3ccc(-c4ccc5c(c4)c4ccccc4n5-c4ccccc4)cc23)CC1. The van der Waals surface area contributed by atoms with Crippen LogP contribution in [-0.2, 0) is 6.42 Å². The number of hydrogen-bond donors (Lipinski definition) is 0. The lowest BCUT2D eigenvalue weighted by atomic mass is 9.97. The van der Waals surface area contributed by atoms with Crippen LogP contribution in [-0.4, -0.2) is 9.13 Å². The van der Waals surface area contributed by atoms with Crippen molar-refractivity contribution in [2.24, 2.45) is 0 Å². The van der Waals surface area contributed by atoms with Crippen LogP contribution in [0.5, 0.6) is 0 Å². The number of nitrogens with zero attached hydrogens (tertiary/aromatic N) is 2. The number of allylic oxidation sites excluding steroid dienone is 1. The van der Waals surface area contributed by atoms with Crippen LogP contribution in [0.1, 0.15) is 17.7 Å². The van der Waals surface area contributed by atoms with Gasteiger partial charge < -0.3 is 9.13 Å². The first-order valence-corrected chi connectivity index (χ1v) is 19.0. The normalized spacial score (nSPS) is 13.0. The summed E-state index contributed by atoms with van der Waals surface area (Å²) in [5.74, 6) is 0. The minimum Gasteiger partial charge on any atom is -0.312 e. The molecule has 0 amide bonds. The Morgan fingerprint density at radius 1 is 0.389 bits per heavy atom. The number of aromatic nitrogens is 2. The number of benzene rings is 8. The van der Waals surface area contributed by atoms with E-state index in [9.17, 15) is 0 Å². The van der Waals surface area contributed by atoms with Gasteiger partial charge in [0, 0.05) is 38.5 Å². The fourth-order valence-electron chi connectivity index (χ4n) is 9.53. The molecule has 8 aromatic carbocycles. The van der Waals surface area contributed by atoms with Gasteiger partial charge in [0.25, 0.3) is 0 Å². The summed E-state index contributed by atoms with van der Waals surface area (Å²) < 4.78 is 4.95. The van der Waals surface area contributed by atoms with Crippen LogP contribution >= 0.6 is 0 Å². The molecule has 252 valence electrons. The summed E-state index contributed by atoms with van der Waals surface area (Å²) in [4.78, 5) is 0. The van der Waals surface area contributed by atoms with Gasteiger partial charge in [0.2, 0.25) is 0 Å². The highest BCUT2D eigenvalue weighted by atomic mass is 15.0. The molecule has 2 heterocycles. The van der Waals surface area contributed by atoms with Crippen LogP contribution in [0.15, 0.2) is 176 Å². The minimum absolute atomic E-state index is 1.02. The Morgan fingerprint density at radius 3 is 1.89 bits per heavy atom. The molecular weight excluding hydrogens is 653 g/mol. The highest BCUT2D eigenvalue weighted by Gasteiger charge is 2.26. The minimum atomic E-state index is 1.02. The second kappa shape index (κ2) is 11.3. The maximum Gasteiger partial charge on any atom is 0.0541 e. The van der Waals surface area contributed by atoms with Gasteiger partial charge >= 0.3 is 0 Å². The molecule has 2 aromatic heterocycles. The summed E-state index contributed by atoms with van der Waals surface area (Å²) in [6.45, 7) is 0. The van der Waals surface area contributed by atoms with Gasteiger partial charge in [-0.1, -0.05) is 127 Å². The average molecular weight is 687 g/mol. The van der Waals surface area contributed by atoms with Crippen molar-refractivity contribution < 1.29 is 0 Å². The molecule has 0 saturated carbocycles. The van der Waals surface area contributed by atoms with Crippen molar-refractivity contribution in [2.75, 3.05) is 0 Å². The fourth-order valence-corrected chi connectivity index (χ4v) is 9.53. The van der Waals surface area contributed by atoms with Crippen LogP contribution in [0.4, 0.5) is 0 Å². The first kappa shape index (κ1) is 29.7. The summed E-state index contributed by atoms with van der Waals surface area (Å²) in [5, 5.41) is 6.52. The average Bonchev–Trinajstić information content (AvgIpc) is 3.87. The Balaban J connectivity index is 1.02. The molecule has 0 bridgehead atoms. The maximum atomic E-state index is 2.57. The van der Waals surface area contributed by atoms with Crippen LogP contribution in [0.2, 0.25) is 0 Å². The molecule has 0 fully saturated rings. The lowest BCUT2D eigenvalue weighted by molar-refractivity contribution is 0.892. The Hall–Kier alpha value is -6.90. The number of para-hydroxylation sites is 2. The van der Waals surface area contributed by atoms with E-state index in [1.807, 2.05) is 0 Å². The molecule has 0 unspecified atom stereocenters. The van der Waals surface area contributed by atoms with Gasteiger partial charge in [-0.05, 0) is 117 Å². The van der Waals surface area contributed by atoms with Crippen molar-refractivity contribution in [3.63, 3.8) is 0 Å². The van der Waals surface area contributed by atoms with E-state index in [0.717, 1.165) is 12.8 Å². The largest absolute Gasteiger partial charge is 0.312 e. The molecule has 0 aliphatic heterocycles. The summed E-state index contributed by atoms with van der Waals surface area (Å²) in [6, 6.07) is 62.9. The van der Waals surface area contributed by atoms with E-state index in [1.165, 1.54) is 111 Å². The van der Waals surface area contributed by atoms with Gasteiger partial charge in [0.15, 0.2) is 0 Å². The van der Waals surface area contributed by atoms with Gasteiger partial charge in [-0.15, -0.1) is 0 Å². The predicted molar refractivity (Wildman–Crippen MR) is 228 cm³/mol. The molecule has 0 N–H and O–H groups in total.